The minimum absolute atomic E-state index is 0.0281. The zero-order chi connectivity index (χ0) is 24.3. The van der Waals surface area contributed by atoms with Crippen LogP contribution in [0.2, 0.25) is 0 Å². The molecule has 10 heteroatoms. The number of anilines is 3. The first kappa shape index (κ1) is 22.8. The summed E-state index contributed by atoms with van der Waals surface area (Å²) in [5, 5.41) is 5.70. The Morgan fingerprint density at radius 1 is 0.912 bits per heavy atom. The third kappa shape index (κ3) is 5.34. The van der Waals surface area contributed by atoms with E-state index in [4.69, 9.17) is 4.74 Å². The number of ether oxygens (including phenoxy) is 1. The Hall–Kier alpha value is -4.34. The largest absolute Gasteiger partial charge is 0.438 e. The van der Waals surface area contributed by atoms with E-state index in [1.54, 1.807) is 24.3 Å². The van der Waals surface area contributed by atoms with Crippen LogP contribution in [-0.2, 0) is 6.18 Å². The number of fused-ring (bicyclic) bond motifs is 1. The molecule has 2 amide bonds. The highest BCUT2D eigenvalue weighted by atomic mass is 19.4. The third-order valence-electron chi connectivity index (χ3n) is 4.87. The van der Waals surface area contributed by atoms with Crippen LogP contribution in [0.1, 0.15) is 5.56 Å². The smallest absolute Gasteiger partial charge is 0.416 e. The Morgan fingerprint density at radius 2 is 1.65 bits per heavy atom. The molecule has 3 aromatic carbocycles. The molecule has 0 aliphatic carbocycles. The number of nitrogens with zero attached hydrogens (tertiary/aromatic N) is 3. The van der Waals surface area contributed by atoms with E-state index in [0.717, 1.165) is 28.7 Å². The lowest BCUT2D eigenvalue weighted by Gasteiger charge is -2.14. The first-order valence-electron chi connectivity index (χ1n) is 10.1. The Morgan fingerprint density at radius 3 is 2.35 bits per heavy atom. The molecule has 4 rings (SSSR count). The average Bonchev–Trinajstić information content (AvgIpc) is 2.80. The Bertz CT molecular complexity index is 1320. The van der Waals surface area contributed by atoms with Gasteiger partial charge in [-0.2, -0.15) is 13.2 Å². The highest BCUT2D eigenvalue weighted by Gasteiger charge is 2.30. The van der Waals surface area contributed by atoms with E-state index in [-0.39, 0.29) is 5.69 Å². The molecular weight excluding hydrogens is 447 g/mol. The molecule has 4 aromatic rings. The normalized spacial score (nSPS) is 11.2. The molecule has 0 unspecified atom stereocenters. The van der Waals surface area contributed by atoms with Gasteiger partial charge >= 0.3 is 12.2 Å². The SMILES string of the molecule is CN(C)c1ccc2c(Oc3ccc(NC(=O)Nc4cccc(C(F)(F)F)c4)cc3)ncnc2c1. The third-order valence-corrected chi connectivity index (χ3v) is 4.87. The molecule has 174 valence electrons. The first-order valence-corrected chi connectivity index (χ1v) is 10.1. The number of amides is 2. The monoisotopic (exact) mass is 467 g/mol. The number of hydrogen-bond acceptors (Lipinski definition) is 5. The molecule has 0 saturated carbocycles. The summed E-state index contributed by atoms with van der Waals surface area (Å²) in [6.07, 6.45) is -3.07. The molecule has 0 radical (unpaired) electrons. The van der Waals surface area contributed by atoms with Gasteiger partial charge in [0, 0.05) is 31.2 Å². The van der Waals surface area contributed by atoms with Crippen molar-refractivity contribution in [2.45, 2.75) is 6.18 Å². The van der Waals surface area contributed by atoms with Gasteiger partial charge in [0.2, 0.25) is 5.88 Å². The Labute approximate surface area is 193 Å². The standard InChI is InChI=1S/C24H20F3N5O2/c1-32(2)18-8-11-20-21(13-18)28-14-29-22(20)34-19-9-6-16(7-10-19)30-23(33)31-17-5-3-4-15(12-17)24(25,26)27/h3-14H,1-2H3,(H2,30,31,33). The lowest BCUT2D eigenvalue weighted by Crippen LogP contribution is -2.19. The minimum atomic E-state index is -4.49. The van der Waals surface area contributed by atoms with Crippen molar-refractivity contribution in [2.24, 2.45) is 0 Å². The predicted molar refractivity (Wildman–Crippen MR) is 124 cm³/mol. The summed E-state index contributed by atoms with van der Waals surface area (Å²) in [6.45, 7) is 0. The van der Waals surface area contributed by atoms with Gasteiger partial charge in [-0.3, -0.25) is 0 Å². The van der Waals surface area contributed by atoms with Crippen LogP contribution in [0.25, 0.3) is 10.9 Å². The summed E-state index contributed by atoms with van der Waals surface area (Å²) >= 11 is 0. The second-order valence-electron chi connectivity index (χ2n) is 7.56. The molecule has 0 atom stereocenters. The average molecular weight is 467 g/mol. The number of nitrogens with one attached hydrogen (secondary N) is 2. The maximum atomic E-state index is 12.8. The van der Waals surface area contributed by atoms with Crippen LogP contribution < -0.4 is 20.3 Å². The molecule has 0 spiro atoms. The number of aromatic nitrogens is 2. The van der Waals surface area contributed by atoms with Crippen molar-refractivity contribution in [2.75, 3.05) is 29.6 Å². The predicted octanol–water partition coefficient (Wildman–Crippen LogP) is 6.15. The molecule has 0 saturated heterocycles. The topological polar surface area (TPSA) is 79.4 Å². The maximum absolute atomic E-state index is 12.8. The van der Waals surface area contributed by atoms with Crippen LogP contribution in [0.5, 0.6) is 11.6 Å². The molecule has 0 fully saturated rings. The molecule has 0 bridgehead atoms. The molecular formula is C24H20F3N5O2. The summed E-state index contributed by atoms with van der Waals surface area (Å²) < 4.78 is 44.4. The zero-order valence-electron chi connectivity index (χ0n) is 18.2. The fourth-order valence-corrected chi connectivity index (χ4v) is 3.16. The first-order chi connectivity index (χ1) is 16.2. The number of urea groups is 1. The number of hydrogen-bond donors (Lipinski definition) is 2. The van der Waals surface area contributed by atoms with Crippen molar-refractivity contribution in [1.82, 2.24) is 9.97 Å². The molecule has 0 aliphatic rings. The number of carbonyl (C=O) groups excluding carboxylic acids is 1. The number of halogens is 3. The van der Waals surface area contributed by atoms with Crippen molar-refractivity contribution in [3.63, 3.8) is 0 Å². The van der Waals surface area contributed by atoms with Crippen molar-refractivity contribution in [3.05, 3.63) is 78.6 Å². The van der Waals surface area contributed by atoms with Crippen molar-refractivity contribution in [3.8, 4) is 11.6 Å². The van der Waals surface area contributed by atoms with Crippen LogP contribution >= 0.6 is 0 Å². The van der Waals surface area contributed by atoms with Crippen LogP contribution in [0, 0.1) is 0 Å². The van der Waals surface area contributed by atoms with E-state index in [9.17, 15) is 18.0 Å². The van der Waals surface area contributed by atoms with E-state index in [1.807, 2.05) is 37.2 Å². The second-order valence-corrected chi connectivity index (χ2v) is 7.56. The minimum Gasteiger partial charge on any atom is -0.438 e. The van der Waals surface area contributed by atoms with Crippen LogP contribution in [0.4, 0.5) is 35.0 Å². The highest BCUT2D eigenvalue weighted by Crippen LogP contribution is 2.31. The molecule has 2 N–H and O–H groups in total. The summed E-state index contributed by atoms with van der Waals surface area (Å²) in [7, 11) is 3.88. The van der Waals surface area contributed by atoms with Gasteiger partial charge in [0.15, 0.2) is 0 Å². The summed E-state index contributed by atoms with van der Waals surface area (Å²) in [5.74, 6) is 0.874. The maximum Gasteiger partial charge on any atom is 0.416 e. The lowest BCUT2D eigenvalue weighted by molar-refractivity contribution is -0.137. The van der Waals surface area contributed by atoms with Gasteiger partial charge in [-0.25, -0.2) is 14.8 Å². The van der Waals surface area contributed by atoms with Crippen molar-refractivity contribution < 1.29 is 22.7 Å². The van der Waals surface area contributed by atoms with Crippen LogP contribution in [-0.4, -0.2) is 30.1 Å². The fraction of sp³-hybridized carbons (Fsp3) is 0.125. The van der Waals surface area contributed by atoms with E-state index < -0.39 is 17.8 Å². The zero-order valence-corrected chi connectivity index (χ0v) is 18.2. The molecule has 0 aliphatic heterocycles. The lowest BCUT2D eigenvalue weighted by atomic mass is 10.2. The fourth-order valence-electron chi connectivity index (χ4n) is 3.16. The van der Waals surface area contributed by atoms with Gasteiger partial charge in [0.1, 0.15) is 12.1 Å². The van der Waals surface area contributed by atoms with E-state index in [0.29, 0.717) is 17.3 Å². The highest BCUT2D eigenvalue weighted by molar-refractivity contribution is 5.99. The Balaban J connectivity index is 1.42. The summed E-state index contributed by atoms with van der Waals surface area (Å²) in [5.41, 5.74) is 1.35. The number of carbonyl (C=O) groups is 1. The van der Waals surface area contributed by atoms with Crippen molar-refractivity contribution >= 4 is 34.0 Å². The van der Waals surface area contributed by atoms with E-state index >= 15 is 0 Å². The van der Waals surface area contributed by atoms with Crippen molar-refractivity contribution in [1.29, 1.82) is 0 Å². The second kappa shape index (κ2) is 9.26. The number of rotatable bonds is 5. The molecule has 1 aromatic heterocycles. The van der Waals surface area contributed by atoms with Gasteiger partial charge in [0.25, 0.3) is 0 Å². The van der Waals surface area contributed by atoms with Gasteiger partial charge in [-0.1, -0.05) is 6.07 Å². The summed E-state index contributed by atoms with van der Waals surface area (Å²) in [4.78, 5) is 22.7. The number of benzene rings is 3. The molecule has 1 heterocycles. The Kier molecular flexibility index (Phi) is 6.22. The van der Waals surface area contributed by atoms with Crippen LogP contribution in [0.15, 0.2) is 73.1 Å². The van der Waals surface area contributed by atoms with E-state index in [2.05, 4.69) is 20.6 Å². The van der Waals surface area contributed by atoms with Crippen LogP contribution in [0.3, 0.4) is 0 Å². The van der Waals surface area contributed by atoms with Gasteiger partial charge in [-0.15, -0.1) is 0 Å². The van der Waals surface area contributed by atoms with Gasteiger partial charge in [-0.05, 0) is 60.7 Å². The quantitative estimate of drug-likeness (QED) is 0.368. The molecule has 7 nitrogen and oxygen atoms in total. The number of alkyl halides is 3. The molecule has 34 heavy (non-hydrogen) atoms. The van der Waals surface area contributed by atoms with Gasteiger partial charge < -0.3 is 20.3 Å². The summed E-state index contributed by atoms with van der Waals surface area (Å²) in [6, 6.07) is 16.0. The van der Waals surface area contributed by atoms with Gasteiger partial charge in [0.05, 0.1) is 16.5 Å². The van der Waals surface area contributed by atoms with E-state index in [1.165, 1.54) is 18.5 Å².